The molecular weight excluding hydrogens is 469 g/mol. The van der Waals surface area contributed by atoms with Crippen molar-refractivity contribution in [3.05, 3.63) is 66.0 Å². The summed E-state index contributed by atoms with van der Waals surface area (Å²) in [6.07, 6.45) is 1.54. The van der Waals surface area contributed by atoms with Gasteiger partial charge < -0.3 is 10.2 Å². The molecule has 1 N–H and O–H groups in total. The predicted octanol–water partition coefficient (Wildman–Crippen LogP) is 3.95. The van der Waals surface area contributed by atoms with Crippen molar-refractivity contribution in [3.63, 3.8) is 0 Å². The molecule has 9 heteroatoms. The Labute approximate surface area is 208 Å². The van der Waals surface area contributed by atoms with Crippen LogP contribution in [0.2, 0.25) is 0 Å². The third-order valence-corrected chi connectivity index (χ3v) is 7.84. The number of hydrogen-bond donors (Lipinski definition) is 1. The van der Waals surface area contributed by atoms with Gasteiger partial charge in [-0.25, -0.2) is 17.1 Å². The van der Waals surface area contributed by atoms with Gasteiger partial charge >= 0.3 is 0 Å². The van der Waals surface area contributed by atoms with Gasteiger partial charge in [-0.15, -0.1) is 0 Å². The summed E-state index contributed by atoms with van der Waals surface area (Å²) in [6, 6.07) is 13.2. The number of benzene rings is 2. The first-order chi connectivity index (χ1) is 16.6. The molecule has 2 atom stereocenters. The number of halogens is 1. The van der Waals surface area contributed by atoms with Gasteiger partial charge in [0.25, 0.3) is 0 Å². The fourth-order valence-electron chi connectivity index (χ4n) is 3.64. The molecule has 2 aromatic carbocycles. The fraction of sp³-hybridized carbons (Fsp3) is 0.462. The first-order valence-electron chi connectivity index (χ1n) is 12.0. The van der Waals surface area contributed by atoms with Crippen molar-refractivity contribution >= 4 is 21.8 Å². The zero-order valence-electron chi connectivity index (χ0n) is 20.9. The Morgan fingerprint density at radius 2 is 1.63 bits per heavy atom. The number of nitrogens with one attached hydrogen (secondary N) is 1. The number of sulfonamides is 1. The average molecular weight is 506 g/mol. The lowest BCUT2D eigenvalue weighted by Gasteiger charge is -2.31. The van der Waals surface area contributed by atoms with Crippen molar-refractivity contribution in [1.29, 1.82) is 0 Å². The smallest absolute Gasteiger partial charge is 0.243 e. The summed E-state index contributed by atoms with van der Waals surface area (Å²) in [5.41, 5.74) is 0.707. The molecule has 0 aromatic heterocycles. The van der Waals surface area contributed by atoms with Crippen molar-refractivity contribution in [1.82, 2.24) is 14.5 Å². The summed E-state index contributed by atoms with van der Waals surface area (Å²) in [7, 11) is -2.17. The molecule has 2 aromatic rings. The molecule has 0 bridgehead atoms. The lowest BCUT2D eigenvalue weighted by molar-refractivity contribution is -0.141. The Morgan fingerprint density at radius 3 is 2.20 bits per heavy atom. The van der Waals surface area contributed by atoms with E-state index in [1.54, 1.807) is 30.3 Å². The summed E-state index contributed by atoms with van der Waals surface area (Å²) in [4.78, 5) is 27.9. The average Bonchev–Trinajstić information content (AvgIpc) is 2.85. The molecule has 0 aliphatic carbocycles. The van der Waals surface area contributed by atoms with E-state index in [0.29, 0.717) is 18.4 Å². The van der Waals surface area contributed by atoms with Crippen LogP contribution < -0.4 is 5.32 Å². The zero-order valence-corrected chi connectivity index (χ0v) is 21.7. The highest BCUT2D eigenvalue weighted by molar-refractivity contribution is 7.89. The number of nitrogens with zero attached hydrogens (tertiary/aromatic N) is 2. The van der Waals surface area contributed by atoms with Crippen molar-refractivity contribution in [2.45, 2.75) is 70.0 Å². The second-order valence-corrected chi connectivity index (χ2v) is 10.7. The van der Waals surface area contributed by atoms with Crippen molar-refractivity contribution in [2.24, 2.45) is 0 Å². The molecule has 0 aliphatic heterocycles. The van der Waals surface area contributed by atoms with E-state index in [2.05, 4.69) is 5.32 Å². The molecule has 0 saturated carbocycles. The largest absolute Gasteiger partial charge is 0.352 e. The van der Waals surface area contributed by atoms with Crippen LogP contribution in [0.5, 0.6) is 0 Å². The van der Waals surface area contributed by atoms with Crippen molar-refractivity contribution in [3.8, 4) is 0 Å². The van der Waals surface area contributed by atoms with E-state index in [1.807, 2.05) is 20.8 Å². The number of rotatable bonds is 13. The zero-order chi connectivity index (χ0) is 26.0. The SMILES string of the molecule is CC[C@H](C)NC(=O)[C@H](CC)N(Cc1ccc(F)cc1)C(=O)CCCN(C)S(=O)(=O)c1ccccc1. The summed E-state index contributed by atoms with van der Waals surface area (Å²) in [5, 5.41) is 2.94. The van der Waals surface area contributed by atoms with Crippen LogP contribution in [0.3, 0.4) is 0 Å². The van der Waals surface area contributed by atoms with Gasteiger partial charge in [-0.05, 0) is 56.0 Å². The maximum Gasteiger partial charge on any atom is 0.243 e. The van der Waals surface area contributed by atoms with Crippen LogP contribution in [0, 0.1) is 5.82 Å². The quantitative estimate of drug-likeness (QED) is 0.447. The van der Waals surface area contributed by atoms with E-state index in [4.69, 9.17) is 0 Å². The van der Waals surface area contributed by atoms with E-state index in [9.17, 15) is 22.4 Å². The lowest BCUT2D eigenvalue weighted by Crippen LogP contribution is -2.50. The normalized spacial score (nSPS) is 13.3. The molecule has 0 spiro atoms. The summed E-state index contributed by atoms with van der Waals surface area (Å²) in [5.74, 6) is -0.872. The Morgan fingerprint density at radius 1 is 1.00 bits per heavy atom. The van der Waals surface area contributed by atoms with Gasteiger partial charge in [-0.1, -0.05) is 44.2 Å². The number of carbonyl (C=O) groups excluding carboxylic acids is 2. The summed E-state index contributed by atoms with van der Waals surface area (Å²) >= 11 is 0. The van der Waals surface area contributed by atoms with Crippen LogP contribution >= 0.6 is 0 Å². The first kappa shape index (κ1) is 28.5. The minimum absolute atomic E-state index is 0.0313. The van der Waals surface area contributed by atoms with E-state index in [0.717, 1.165) is 6.42 Å². The Hall–Kier alpha value is -2.78. The van der Waals surface area contributed by atoms with E-state index < -0.39 is 16.1 Å². The molecule has 7 nitrogen and oxygen atoms in total. The maximum absolute atomic E-state index is 13.4. The molecule has 0 heterocycles. The van der Waals surface area contributed by atoms with Crippen molar-refractivity contribution < 1.29 is 22.4 Å². The molecule has 192 valence electrons. The van der Waals surface area contributed by atoms with Crippen LogP contribution in [0.25, 0.3) is 0 Å². The Balaban J connectivity index is 2.13. The molecule has 0 aliphatic rings. The topological polar surface area (TPSA) is 86.8 Å². The summed E-state index contributed by atoms with van der Waals surface area (Å²) < 4.78 is 40.1. The molecule has 2 rings (SSSR count). The van der Waals surface area contributed by atoms with Gasteiger partial charge in [0.1, 0.15) is 11.9 Å². The van der Waals surface area contributed by atoms with Gasteiger partial charge in [0.15, 0.2) is 0 Å². The van der Waals surface area contributed by atoms with E-state index >= 15 is 0 Å². The van der Waals surface area contributed by atoms with Crippen LogP contribution in [-0.2, 0) is 26.2 Å². The summed E-state index contributed by atoms with van der Waals surface area (Å²) in [6.45, 7) is 6.02. The van der Waals surface area contributed by atoms with Crippen LogP contribution in [0.15, 0.2) is 59.5 Å². The molecule has 0 radical (unpaired) electrons. The highest BCUT2D eigenvalue weighted by Gasteiger charge is 2.29. The Bertz CT molecular complexity index is 1060. The standard InChI is InChI=1S/C26H36FN3O4S/c1-5-20(3)28-26(32)24(6-2)30(19-21-14-16-22(27)17-15-21)25(31)13-10-18-29(4)35(33,34)23-11-8-7-9-12-23/h7-9,11-12,14-17,20,24H,5-6,10,13,18-19H2,1-4H3,(H,28,32)/t20-,24-/m0/s1. The highest BCUT2D eigenvalue weighted by Crippen LogP contribution is 2.17. The number of hydrogen-bond acceptors (Lipinski definition) is 4. The van der Waals surface area contributed by atoms with E-state index in [1.165, 1.54) is 40.5 Å². The highest BCUT2D eigenvalue weighted by atomic mass is 32.2. The number of amides is 2. The van der Waals surface area contributed by atoms with Gasteiger partial charge in [0.05, 0.1) is 4.90 Å². The molecular formula is C26H36FN3O4S. The monoisotopic (exact) mass is 505 g/mol. The molecule has 0 saturated heterocycles. The minimum Gasteiger partial charge on any atom is -0.352 e. The second kappa shape index (κ2) is 13.3. The van der Waals surface area contributed by atoms with Gasteiger partial charge in [0, 0.05) is 32.6 Å². The predicted molar refractivity (Wildman–Crippen MR) is 134 cm³/mol. The minimum atomic E-state index is -3.65. The Kier molecular flexibility index (Phi) is 10.9. The van der Waals surface area contributed by atoms with Gasteiger partial charge in [-0.2, -0.15) is 0 Å². The third-order valence-electron chi connectivity index (χ3n) is 5.97. The molecule has 0 unspecified atom stereocenters. The maximum atomic E-state index is 13.4. The second-order valence-electron chi connectivity index (χ2n) is 8.63. The van der Waals surface area contributed by atoms with Gasteiger partial charge in [-0.3, -0.25) is 9.59 Å². The van der Waals surface area contributed by atoms with Gasteiger partial charge in [0.2, 0.25) is 21.8 Å². The molecule has 2 amide bonds. The van der Waals surface area contributed by atoms with Crippen LogP contribution in [0.1, 0.15) is 52.0 Å². The van der Waals surface area contributed by atoms with Crippen molar-refractivity contribution in [2.75, 3.05) is 13.6 Å². The third kappa shape index (κ3) is 8.14. The first-order valence-corrected chi connectivity index (χ1v) is 13.4. The van der Waals surface area contributed by atoms with Crippen LogP contribution in [-0.4, -0.2) is 55.1 Å². The lowest BCUT2D eigenvalue weighted by atomic mass is 10.1. The fourth-order valence-corrected chi connectivity index (χ4v) is 4.87. The van der Waals surface area contributed by atoms with Crippen LogP contribution in [0.4, 0.5) is 4.39 Å². The molecule has 35 heavy (non-hydrogen) atoms. The molecule has 0 fully saturated rings. The van der Waals surface area contributed by atoms with E-state index in [-0.39, 0.29) is 48.1 Å². The number of carbonyl (C=O) groups is 2.